The quantitative estimate of drug-likeness (QED) is 0.294. The maximum absolute atomic E-state index is 12.6. The standard InChI is InChI=1S/C27H26Cl2O6/c1-27(15-30,16-31)17-34-26(33)18-9-11-21(12-10-18)35-25(32)14-20-6-3-2-5-19(20)13-22-23(28)7-4-8-24(22)29/h2-12,30-31H,13-17H2,1H3. The zero-order chi connectivity index (χ0) is 25.4. The summed E-state index contributed by atoms with van der Waals surface area (Å²) in [5.41, 5.74) is 1.83. The molecule has 0 saturated carbocycles. The van der Waals surface area contributed by atoms with Crippen LogP contribution in [0.1, 0.15) is 34.0 Å². The van der Waals surface area contributed by atoms with Crippen molar-refractivity contribution in [3.63, 3.8) is 0 Å². The minimum Gasteiger partial charge on any atom is -0.461 e. The summed E-state index contributed by atoms with van der Waals surface area (Å²) in [6.45, 7) is 0.832. The molecule has 0 fully saturated rings. The van der Waals surface area contributed by atoms with Gasteiger partial charge in [0.1, 0.15) is 12.4 Å². The summed E-state index contributed by atoms with van der Waals surface area (Å²) in [4.78, 5) is 24.8. The van der Waals surface area contributed by atoms with E-state index in [1.807, 2.05) is 24.3 Å². The van der Waals surface area contributed by atoms with Gasteiger partial charge >= 0.3 is 11.9 Å². The van der Waals surface area contributed by atoms with Crippen LogP contribution >= 0.6 is 23.2 Å². The molecule has 2 N–H and O–H groups in total. The molecule has 0 spiro atoms. The van der Waals surface area contributed by atoms with Crippen LogP contribution in [0, 0.1) is 5.41 Å². The third kappa shape index (κ3) is 7.29. The number of hydrogen-bond donors (Lipinski definition) is 2. The van der Waals surface area contributed by atoms with Crippen LogP contribution in [0.5, 0.6) is 5.75 Å². The van der Waals surface area contributed by atoms with Gasteiger partial charge in [-0.05, 0) is 53.1 Å². The summed E-state index contributed by atoms with van der Waals surface area (Å²) in [6.07, 6.45) is 0.521. The first-order chi connectivity index (χ1) is 16.7. The van der Waals surface area contributed by atoms with Crippen molar-refractivity contribution >= 4 is 35.1 Å². The molecule has 8 heteroatoms. The number of carbonyl (C=O) groups excluding carboxylic acids is 2. The zero-order valence-corrected chi connectivity index (χ0v) is 20.7. The van der Waals surface area contributed by atoms with E-state index in [0.29, 0.717) is 16.5 Å². The fourth-order valence-electron chi connectivity index (χ4n) is 3.24. The molecule has 0 saturated heterocycles. The first kappa shape index (κ1) is 26.7. The van der Waals surface area contributed by atoms with Crippen LogP contribution in [-0.2, 0) is 22.4 Å². The molecule has 0 aliphatic rings. The molecular weight excluding hydrogens is 491 g/mol. The molecule has 0 aliphatic heterocycles. The number of carbonyl (C=O) groups is 2. The first-order valence-corrected chi connectivity index (χ1v) is 11.7. The molecule has 35 heavy (non-hydrogen) atoms. The third-order valence-corrected chi connectivity index (χ3v) is 6.23. The number of benzene rings is 3. The van der Waals surface area contributed by atoms with Gasteiger partial charge in [-0.25, -0.2) is 4.79 Å². The molecule has 0 bridgehead atoms. The number of hydrogen-bond acceptors (Lipinski definition) is 6. The number of ether oxygens (including phenoxy) is 2. The number of aliphatic hydroxyl groups is 2. The Kier molecular flexibility index (Phi) is 9.29. The van der Waals surface area contributed by atoms with Gasteiger partial charge in [0.25, 0.3) is 0 Å². The van der Waals surface area contributed by atoms with Crippen LogP contribution in [0.4, 0.5) is 0 Å². The van der Waals surface area contributed by atoms with Crippen molar-refractivity contribution in [2.24, 2.45) is 5.41 Å². The van der Waals surface area contributed by atoms with Gasteiger partial charge in [-0.2, -0.15) is 0 Å². The summed E-state index contributed by atoms with van der Waals surface area (Å²) in [5, 5.41) is 19.7. The van der Waals surface area contributed by atoms with Crippen molar-refractivity contribution in [3.8, 4) is 5.75 Å². The third-order valence-electron chi connectivity index (χ3n) is 5.52. The SMILES string of the molecule is CC(CO)(CO)COC(=O)c1ccc(OC(=O)Cc2ccccc2Cc2c(Cl)cccc2Cl)cc1. The second-order valence-electron chi connectivity index (χ2n) is 8.52. The second kappa shape index (κ2) is 12.2. The van der Waals surface area contributed by atoms with E-state index in [2.05, 4.69) is 0 Å². The predicted molar refractivity (Wildman–Crippen MR) is 134 cm³/mol. The molecule has 0 aliphatic carbocycles. The molecule has 0 unspecified atom stereocenters. The molecule has 184 valence electrons. The monoisotopic (exact) mass is 516 g/mol. The van der Waals surface area contributed by atoms with E-state index in [1.165, 1.54) is 24.3 Å². The van der Waals surface area contributed by atoms with Gasteiger partial charge in [0.15, 0.2) is 0 Å². The highest BCUT2D eigenvalue weighted by atomic mass is 35.5. The van der Waals surface area contributed by atoms with E-state index in [0.717, 1.165) is 16.7 Å². The second-order valence-corrected chi connectivity index (χ2v) is 9.34. The average Bonchev–Trinajstić information content (AvgIpc) is 2.86. The van der Waals surface area contributed by atoms with Crippen LogP contribution in [0.25, 0.3) is 0 Å². The molecule has 0 amide bonds. The molecule has 3 aromatic rings. The maximum atomic E-state index is 12.6. The Balaban J connectivity index is 1.62. The number of rotatable bonds is 10. The summed E-state index contributed by atoms with van der Waals surface area (Å²) in [7, 11) is 0. The van der Waals surface area contributed by atoms with Crippen LogP contribution in [0.3, 0.4) is 0 Å². The average molecular weight is 517 g/mol. The van der Waals surface area contributed by atoms with Crippen LogP contribution < -0.4 is 4.74 Å². The maximum Gasteiger partial charge on any atom is 0.338 e. The highest BCUT2D eigenvalue weighted by molar-refractivity contribution is 6.36. The van der Waals surface area contributed by atoms with Crippen LogP contribution in [0.15, 0.2) is 66.7 Å². The number of aliphatic hydroxyl groups excluding tert-OH is 2. The Labute approximate surface area is 214 Å². The van der Waals surface area contributed by atoms with Gasteiger partial charge in [-0.3, -0.25) is 4.79 Å². The summed E-state index contributed by atoms with van der Waals surface area (Å²) < 4.78 is 10.6. The lowest BCUT2D eigenvalue weighted by Gasteiger charge is -2.23. The normalized spacial score (nSPS) is 11.2. The highest BCUT2D eigenvalue weighted by Gasteiger charge is 2.25. The Bertz CT molecular complexity index is 1150. The van der Waals surface area contributed by atoms with E-state index in [9.17, 15) is 19.8 Å². The Hall–Kier alpha value is -2.90. The molecule has 0 aromatic heterocycles. The summed E-state index contributed by atoms with van der Waals surface area (Å²) in [5.74, 6) is -0.781. The van der Waals surface area contributed by atoms with Crippen molar-refractivity contribution in [2.45, 2.75) is 19.8 Å². The molecule has 3 aromatic carbocycles. The summed E-state index contributed by atoms with van der Waals surface area (Å²) >= 11 is 12.6. The van der Waals surface area contributed by atoms with E-state index in [1.54, 1.807) is 25.1 Å². The van der Waals surface area contributed by atoms with Gasteiger partial charge in [0, 0.05) is 21.9 Å². The predicted octanol–water partition coefficient (Wildman–Crippen LogP) is 4.88. The van der Waals surface area contributed by atoms with E-state index >= 15 is 0 Å². The minimum absolute atomic E-state index is 0.0446. The Morgan fingerprint density at radius 1 is 0.857 bits per heavy atom. The van der Waals surface area contributed by atoms with Crippen molar-refractivity contribution < 1.29 is 29.3 Å². The first-order valence-electron chi connectivity index (χ1n) is 10.9. The lowest BCUT2D eigenvalue weighted by Crippen LogP contribution is -2.32. The van der Waals surface area contributed by atoms with Gasteiger partial charge in [0.2, 0.25) is 0 Å². The van der Waals surface area contributed by atoms with Gasteiger partial charge < -0.3 is 19.7 Å². The zero-order valence-electron chi connectivity index (χ0n) is 19.2. The molecule has 3 rings (SSSR count). The van der Waals surface area contributed by atoms with E-state index < -0.39 is 17.4 Å². The fourth-order valence-corrected chi connectivity index (χ4v) is 3.77. The van der Waals surface area contributed by atoms with E-state index in [4.69, 9.17) is 32.7 Å². The molecule has 0 radical (unpaired) electrons. The number of halogens is 2. The Morgan fingerprint density at radius 2 is 1.46 bits per heavy atom. The van der Waals surface area contributed by atoms with Crippen molar-refractivity contribution in [1.82, 2.24) is 0 Å². The van der Waals surface area contributed by atoms with Crippen molar-refractivity contribution in [3.05, 3.63) is 99.0 Å². The van der Waals surface area contributed by atoms with Gasteiger partial charge in [-0.15, -0.1) is 0 Å². The van der Waals surface area contributed by atoms with Crippen molar-refractivity contribution in [2.75, 3.05) is 19.8 Å². The Morgan fingerprint density at radius 3 is 2.06 bits per heavy atom. The molecule has 0 atom stereocenters. The van der Waals surface area contributed by atoms with Gasteiger partial charge in [-0.1, -0.05) is 60.5 Å². The van der Waals surface area contributed by atoms with Crippen molar-refractivity contribution in [1.29, 1.82) is 0 Å². The van der Waals surface area contributed by atoms with E-state index in [-0.39, 0.29) is 37.6 Å². The van der Waals surface area contributed by atoms with Crippen LogP contribution in [0.2, 0.25) is 10.0 Å². The minimum atomic E-state index is -0.918. The largest absolute Gasteiger partial charge is 0.461 e. The highest BCUT2D eigenvalue weighted by Crippen LogP contribution is 2.28. The van der Waals surface area contributed by atoms with Crippen LogP contribution in [-0.4, -0.2) is 42.0 Å². The smallest absolute Gasteiger partial charge is 0.338 e. The fraction of sp³-hybridized carbons (Fsp3) is 0.259. The molecule has 6 nitrogen and oxygen atoms in total. The van der Waals surface area contributed by atoms with Gasteiger partial charge in [0.05, 0.1) is 25.2 Å². The lowest BCUT2D eigenvalue weighted by atomic mass is 9.94. The topological polar surface area (TPSA) is 93.1 Å². The summed E-state index contributed by atoms with van der Waals surface area (Å²) in [6, 6.07) is 18.8. The lowest BCUT2D eigenvalue weighted by molar-refractivity contribution is -0.133. The number of esters is 2. The molecule has 0 heterocycles. The molecular formula is C27H26Cl2O6.